The Morgan fingerprint density at radius 1 is 1.29 bits per heavy atom. The lowest BCUT2D eigenvalue weighted by Crippen LogP contribution is -2.48. The van der Waals surface area contributed by atoms with Crippen molar-refractivity contribution in [3.8, 4) is 0 Å². The molecular weight excluding hydrogens is 270 g/mol. The van der Waals surface area contributed by atoms with Crippen LogP contribution in [0.1, 0.15) is 0 Å². The van der Waals surface area contributed by atoms with Gasteiger partial charge in [-0.2, -0.15) is 0 Å². The monoisotopic (exact) mass is 293 g/mol. The number of nitrogens with two attached hydrogens (primary N) is 1. The van der Waals surface area contributed by atoms with E-state index in [1.165, 1.54) is 6.07 Å². The van der Waals surface area contributed by atoms with E-state index in [0.29, 0.717) is 0 Å². The number of piperazine rings is 1. The number of nitro benzene ring substituents is 1. The van der Waals surface area contributed by atoms with E-state index < -0.39 is 4.92 Å². The Kier molecular flexibility index (Phi) is 4.98. The Balaban J connectivity index is 1.93. The van der Waals surface area contributed by atoms with Gasteiger partial charge in [0.2, 0.25) is 0 Å². The first-order valence-electron chi connectivity index (χ1n) is 7.13. The van der Waals surface area contributed by atoms with Gasteiger partial charge in [0.05, 0.1) is 4.92 Å². The van der Waals surface area contributed by atoms with Crippen molar-refractivity contribution in [1.29, 1.82) is 0 Å². The third-order valence-electron chi connectivity index (χ3n) is 3.81. The van der Waals surface area contributed by atoms with Crippen molar-refractivity contribution < 1.29 is 4.92 Å². The number of hydrogen-bond acceptors (Lipinski definition) is 6. The van der Waals surface area contributed by atoms with Gasteiger partial charge in [0.1, 0.15) is 5.69 Å². The summed E-state index contributed by atoms with van der Waals surface area (Å²) < 4.78 is 0. The summed E-state index contributed by atoms with van der Waals surface area (Å²) in [6.07, 6.45) is 0. The maximum atomic E-state index is 10.8. The number of hydrogen-bond donors (Lipinski definition) is 1. The van der Waals surface area contributed by atoms with Crippen LogP contribution in [0.4, 0.5) is 17.1 Å². The van der Waals surface area contributed by atoms with Crippen LogP contribution in [0.25, 0.3) is 0 Å². The van der Waals surface area contributed by atoms with Crippen molar-refractivity contribution in [3.63, 3.8) is 0 Å². The highest BCUT2D eigenvalue weighted by atomic mass is 16.6. The minimum absolute atomic E-state index is 0.0247. The van der Waals surface area contributed by atoms with Crippen molar-refractivity contribution in [1.82, 2.24) is 9.80 Å². The van der Waals surface area contributed by atoms with Crippen LogP contribution in [0.3, 0.4) is 0 Å². The van der Waals surface area contributed by atoms with Crippen LogP contribution in [0.5, 0.6) is 0 Å². The van der Waals surface area contributed by atoms with E-state index in [1.54, 1.807) is 12.1 Å². The predicted octanol–water partition coefficient (Wildman–Crippen LogP) is 0.861. The summed E-state index contributed by atoms with van der Waals surface area (Å²) in [6.45, 7) is 5.98. The molecule has 1 heterocycles. The largest absolute Gasteiger partial charge is 0.393 e. The Hall–Kier alpha value is -1.86. The number of nitro groups is 1. The van der Waals surface area contributed by atoms with Crippen LogP contribution in [0.15, 0.2) is 18.2 Å². The quantitative estimate of drug-likeness (QED) is 0.493. The standard InChI is InChI=1S/C14H23N5O2/c1-16(2)5-6-17-7-9-18(10-8-17)12-3-4-14(19(20)21)13(15)11-12/h3-4,11H,5-10,15H2,1-2H3. The fraction of sp³-hybridized carbons (Fsp3) is 0.571. The second-order valence-electron chi connectivity index (χ2n) is 5.63. The van der Waals surface area contributed by atoms with Crippen molar-refractivity contribution >= 4 is 17.1 Å². The number of nitrogen functional groups attached to an aromatic ring is 1. The second-order valence-corrected chi connectivity index (χ2v) is 5.63. The summed E-state index contributed by atoms with van der Waals surface area (Å²) in [5.74, 6) is 0. The topological polar surface area (TPSA) is 78.9 Å². The van der Waals surface area contributed by atoms with Crippen LogP contribution in [-0.2, 0) is 0 Å². The molecule has 0 amide bonds. The summed E-state index contributed by atoms with van der Waals surface area (Å²) in [6, 6.07) is 4.97. The molecule has 1 aromatic carbocycles. The van der Waals surface area contributed by atoms with Gasteiger partial charge in [-0.3, -0.25) is 15.0 Å². The molecule has 0 bridgehead atoms. The van der Waals surface area contributed by atoms with E-state index in [0.717, 1.165) is 45.0 Å². The fourth-order valence-corrected chi connectivity index (χ4v) is 2.48. The molecule has 7 heteroatoms. The summed E-state index contributed by atoms with van der Waals surface area (Å²) in [5, 5.41) is 10.8. The molecule has 0 spiro atoms. The molecule has 0 unspecified atom stereocenters. The molecular formula is C14H23N5O2. The Labute approximate surface area is 125 Å². The lowest BCUT2D eigenvalue weighted by molar-refractivity contribution is -0.383. The minimum atomic E-state index is -0.446. The van der Waals surface area contributed by atoms with Gasteiger partial charge in [0.25, 0.3) is 5.69 Å². The molecule has 7 nitrogen and oxygen atoms in total. The van der Waals surface area contributed by atoms with Crippen LogP contribution >= 0.6 is 0 Å². The highest BCUT2D eigenvalue weighted by Crippen LogP contribution is 2.27. The van der Waals surface area contributed by atoms with E-state index in [4.69, 9.17) is 5.73 Å². The first kappa shape index (κ1) is 15.5. The fourth-order valence-electron chi connectivity index (χ4n) is 2.48. The Morgan fingerprint density at radius 3 is 2.48 bits per heavy atom. The zero-order valence-corrected chi connectivity index (χ0v) is 12.7. The molecule has 0 atom stereocenters. The van der Waals surface area contributed by atoms with Gasteiger partial charge in [0, 0.05) is 51.0 Å². The van der Waals surface area contributed by atoms with Gasteiger partial charge in [-0.05, 0) is 26.2 Å². The summed E-state index contributed by atoms with van der Waals surface area (Å²) in [4.78, 5) is 17.2. The zero-order chi connectivity index (χ0) is 15.4. The van der Waals surface area contributed by atoms with Gasteiger partial charge in [0.15, 0.2) is 0 Å². The summed E-state index contributed by atoms with van der Waals surface area (Å²) >= 11 is 0. The third-order valence-corrected chi connectivity index (χ3v) is 3.81. The summed E-state index contributed by atoms with van der Waals surface area (Å²) in [7, 11) is 4.16. The highest BCUT2D eigenvalue weighted by Gasteiger charge is 2.19. The second kappa shape index (κ2) is 6.73. The first-order valence-corrected chi connectivity index (χ1v) is 7.13. The van der Waals surface area contributed by atoms with Crippen molar-refractivity contribution in [2.24, 2.45) is 0 Å². The molecule has 1 aromatic rings. The normalized spacial score (nSPS) is 16.4. The zero-order valence-electron chi connectivity index (χ0n) is 12.7. The molecule has 1 aliphatic rings. The average Bonchev–Trinajstić information content (AvgIpc) is 2.45. The number of anilines is 2. The number of benzene rings is 1. The molecule has 116 valence electrons. The average molecular weight is 293 g/mol. The van der Waals surface area contributed by atoms with Crippen molar-refractivity contribution in [2.75, 3.05) is 64.0 Å². The van der Waals surface area contributed by atoms with Gasteiger partial charge in [-0.1, -0.05) is 0 Å². The van der Waals surface area contributed by atoms with Crippen LogP contribution < -0.4 is 10.6 Å². The van der Waals surface area contributed by atoms with Crippen LogP contribution in [0.2, 0.25) is 0 Å². The molecule has 0 aromatic heterocycles. The molecule has 0 saturated carbocycles. The molecule has 1 aliphatic heterocycles. The molecule has 0 aliphatic carbocycles. The van der Waals surface area contributed by atoms with E-state index in [-0.39, 0.29) is 11.4 Å². The molecule has 2 rings (SSSR count). The SMILES string of the molecule is CN(C)CCN1CCN(c2ccc([N+](=O)[O-])c(N)c2)CC1. The third kappa shape index (κ3) is 4.05. The molecule has 1 fully saturated rings. The molecule has 21 heavy (non-hydrogen) atoms. The Morgan fingerprint density at radius 2 is 1.95 bits per heavy atom. The number of nitrogens with zero attached hydrogens (tertiary/aromatic N) is 4. The summed E-state index contributed by atoms with van der Waals surface area (Å²) in [5.41, 5.74) is 6.92. The maximum Gasteiger partial charge on any atom is 0.292 e. The van der Waals surface area contributed by atoms with E-state index in [9.17, 15) is 10.1 Å². The van der Waals surface area contributed by atoms with Crippen LogP contribution in [-0.4, -0.2) is 68.1 Å². The number of rotatable bonds is 5. The van der Waals surface area contributed by atoms with E-state index >= 15 is 0 Å². The molecule has 2 N–H and O–H groups in total. The molecule has 1 saturated heterocycles. The smallest absolute Gasteiger partial charge is 0.292 e. The van der Waals surface area contributed by atoms with Gasteiger partial charge in [-0.25, -0.2) is 0 Å². The van der Waals surface area contributed by atoms with Gasteiger partial charge in [-0.15, -0.1) is 0 Å². The van der Waals surface area contributed by atoms with Crippen molar-refractivity contribution in [2.45, 2.75) is 0 Å². The van der Waals surface area contributed by atoms with E-state index in [2.05, 4.69) is 28.8 Å². The van der Waals surface area contributed by atoms with E-state index in [1.807, 2.05) is 0 Å². The maximum absolute atomic E-state index is 10.8. The first-order chi connectivity index (χ1) is 9.97. The lowest BCUT2D eigenvalue weighted by atomic mass is 10.2. The highest BCUT2D eigenvalue weighted by molar-refractivity contribution is 5.66. The van der Waals surface area contributed by atoms with Crippen LogP contribution in [0, 0.1) is 10.1 Å². The van der Waals surface area contributed by atoms with Gasteiger partial charge < -0.3 is 15.5 Å². The minimum Gasteiger partial charge on any atom is -0.393 e. The molecule has 0 radical (unpaired) electrons. The lowest BCUT2D eigenvalue weighted by Gasteiger charge is -2.36. The van der Waals surface area contributed by atoms with Crippen molar-refractivity contribution in [3.05, 3.63) is 28.3 Å². The number of likely N-dealkylation sites (N-methyl/N-ethyl adjacent to an activating group) is 1. The Bertz CT molecular complexity index is 498. The predicted molar refractivity (Wildman–Crippen MR) is 84.7 cm³/mol. The van der Waals surface area contributed by atoms with Gasteiger partial charge >= 0.3 is 0 Å².